The molecule has 0 spiro atoms. The number of amides is 1. The quantitative estimate of drug-likeness (QED) is 0.411. The molecule has 8 nitrogen and oxygen atoms in total. The van der Waals surface area contributed by atoms with Gasteiger partial charge in [-0.15, -0.1) is 0 Å². The second-order valence-corrected chi connectivity index (χ2v) is 8.07. The number of halogens is 1. The van der Waals surface area contributed by atoms with E-state index >= 15 is 0 Å². The first-order valence-corrected chi connectivity index (χ1v) is 10.8. The highest BCUT2D eigenvalue weighted by molar-refractivity contribution is 6.04. The lowest BCUT2D eigenvalue weighted by atomic mass is 10.1. The summed E-state index contributed by atoms with van der Waals surface area (Å²) in [7, 11) is 0. The van der Waals surface area contributed by atoms with Crippen molar-refractivity contribution in [3.63, 3.8) is 0 Å². The van der Waals surface area contributed by atoms with Crippen LogP contribution in [0.5, 0.6) is 0 Å². The lowest BCUT2D eigenvalue weighted by Gasteiger charge is -2.09. The number of aryl methyl sites for hydroxylation is 1. The minimum absolute atomic E-state index is 0.160. The first-order valence-electron chi connectivity index (χ1n) is 10.8. The molecule has 2 N–H and O–H groups in total. The molecule has 3 heterocycles. The van der Waals surface area contributed by atoms with Crippen molar-refractivity contribution in [2.75, 3.05) is 5.32 Å². The molecular weight excluding hydrogens is 449 g/mol. The van der Waals surface area contributed by atoms with Crippen LogP contribution in [-0.2, 0) is 6.54 Å². The molecule has 5 aromatic rings. The lowest BCUT2D eigenvalue weighted by Crippen LogP contribution is -2.39. The van der Waals surface area contributed by atoms with Gasteiger partial charge in [0.15, 0.2) is 0 Å². The van der Waals surface area contributed by atoms with Crippen molar-refractivity contribution in [2.45, 2.75) is 13.5 Å². The van der Waals surface area contributed by atoms with Gasteiger partial charge < -0.3 is 14.7 Å². The second-order valence-electron chi connectivity index (χ2n) is 8.07. The Morgan fingerprint density at radius 3 is 2.71 bits per heavy atom. The first kappa shape index (κ1) is 22.0. The Morgan fingerprint density at radius 1 is 1.09 bits per heavy atom. The predicted molar refractivity (Wildman–Crippen MR) is 130 cm³/mol. The number of aromatic amines is 1. The standard InChI is InChI=1S/C26H20FN5O3/c1-16-6-5-11-31-15-22(30-23(16)31)17-8-4-9-19(12-17)29-24(33)20-13-28-26(35)32(25(20)34)14-18-7-2-3-10-21(18)27/h2-13,15H,14H2,1H3,(H,28,35)(H,29,33). The average Bonchev–Trinajstić information content (AvgIpc) is 3.29. The van der Waals surface area contributed by atoms with Crippen LogP contribution in [0.25, 0.3) is 16.9 Å². The van der Waals surface area contributed by atoms with Gasteiger partial charge in [0.1, 0.15) is 17.0 Å². The van der Waals surface area contributed by atoms with Crippen LogP contribution in [0.4, 0.5) is 10.1 Å². The smallest absolute Gasteiger partial charge is 0.322 e. The molecule has 2 aromatic carbocycles. The molecule has 0 saturated heterocycles. The van der Waals surface area contributed by atoms with Gasteiger partial charge in [-0.1, -0.05) is 36.4 Å². The number of fused-ring (bicyclic) bond motifs is 1. The van der Waals surface area contributed by atoms with Crippen LogP contribution in [0, 0.1) is 12.7 Å². The maximum absolute atomic E-state index is 14.0. The van der Waals surface area contributed by atoms with Gasteiger partial charge in [0.2, 0.25) is 0 Å². The van der Waals surface area contributed by atoms with E-state index in [4.69, 9.17) is 0 Å². The van der Waals surface area contributed by atoms with Crippen molar-refractivity contribution in [1.29, 1.82) is 0 Å². The van der Waals surface area contributed by atoms with Gasteiger partial charge in [-0.25, -0.2) is 14.2 Å². The fourth-order valence-electron chi connectivity index (χ4n) is 3.86. The predicted octanol–water partition coefficient (Wildman–Crippen LogP) is 3.60. The summed E-state index contributed by atoms with van der Waals surface area (Å²) in [4.78, 5) is 45.1. The van der Waals surface area contributed by atoms with Crippen LogP contribution in [0.2, 0.25) is 0 Å². The summed E-state index contributed by atoms with van der Waals surface area (Å²) >= 11 is 0. The Balaban J connectivity index is 1.43. The minimum Gasteiger partial charge on any atom is -0.322 e. The van der Waals surface area contributed by atoms with Gasteiger partial charge in [-0.05, 0) is 36.8 Å². The molecule has 9 heteroatoms. The normalized spacial score (nSPS) is 11.0. The summed E-state index contributed by atoms with van der Waals surface area (Å²) in [6, 6.07) is 16.8. The SMILES string of the molecule is Cc1cccn2cc(-c3cccc(NC(=O)c4c[nH]c(=O)n(Cc5ccccc5F)c4=O)c3)nc12. The van der Waals surface area contributed by atoms with Crippen LogP contribution in [0.1, 0.15) is 21.5 Å². The van der Waals surface area contributed by atoms with Gasteiger partial charge in [0, 0.05) is 35.4 Å². The molecule has 3 aromatic heterocycles. The monoisotopic (exact) mass is 469 g/mol. The number of pyridine rings is 1. The summed E-state index contributed by atoms with van der Waals surface area (Å²) in [5.41, 5.74) is 2.17. The topological polar surface area (TPSA) is 101 Å². The molecule has 0 aliphatic rings. The third-order valence-electron chi connectivity index (χ3n) is 5.69. The number of aromatic nitrogens is 4. The molecule has 0 fully saturated rings. The lowest BCUT2D eigenvalue weighted by molar-refractivity contribution is 0.102. The molecule has 1 amide bonds. The molecular formula is C26H20FN5O3. The summed E-state index contributed by atoms with van der Waals surface area (Å²) in [5.74, 6) is -1.25. The molecule has 174 valence electrons. The van der Waals surface area contributed by atoms with Gasteiger partial charge >= 0.3 is 5.69 Å². The van der Waals surface area contributed by atoms with E-state index in [0.717, 1.165) is 33.2 Å². The number of hydrogen-bond donors (Lipinski definition) is 2. The van der Waals surface area contributed by atoms with E-state index in [9.17, 15) is 18.8 Å². The molecule has 35 heavy (non-hydrogen) atoms. The van der Waals surface area contributed by atoms with Crippen LogP contribution >= 0.6 is 0 Å². The van der Waals surface area contributed by atoms with E-state index in [-0.39, 0.29) is 17.7 Å². The highest BCUT2D eigenvalue weighted by Crippen LogP contribution is 2.23. The Morgan fingerprint density at radius 2 is 1.91 bits per heavy atom. The number of benzene rings is 2. The maximum Gasteiger partial charge on any atom is 0.328 e. The van der Waals surface area contributed by atoms with Gasteiger partial charge in [-0.3, -0.25) is 14.2 Å². The third-order valence-corrected chi connectivity index (χ3v) is 5.69. The summed E-state index contributed by atoms with van der Waals surface area (Å²) in [6.07, 6.45) is 4.87. The fraction of sp³-hybridized carbons (Fsp3) is 0.0769. The molecule has 0 atom stereocenters. The number of hydrogen-bond acceptors (Lipinski definition) is 4. The van der Waals surface area contributed by atoms with Crippen molar-refractivity contribution < 1.29 is 9.18 Å². The van der Waals surface area contributed by atoms with Gasteiger partial charge in [-0.2, -0.15) is 0 Å². The highest BCUT2D eigenvalue weighted by atomic mass is 19.1. The third kappa shape index (κ3) is 4.26. The van der Waals surface area contributed by atoms with Crippen LogP contribution in [0.15, 0.2) is 88.8 Å². The van der Waals surface area contributed by atoms with Crippen LogP contribution in [0.3, 0.4) is 0 Å². The Labute approximate surface area is 198 Å². The Bertz CT molecular complexity index is 1700. The van der Waals surface area contributed by atoms with E-state index in [2.05, 4.69) is 15.3 Å². The zero-order chi connectivity index (χ0) is 24.5. The maximum atomic E-state index is 14.0. The van der Waals surface area contributed by atoms with E-state index < -0.39 is 23.0 Å². The van der Waals surface area contributed by atoms with Crippen LogP contribution in [-0.4, -0.2) is 24.8 Å². The highest BCUT2D eigenvalue weighted by Gasteiger charge is 2.17. The zero-order valence-corrected chi connectivity index (χ0v) is 18.7. The van der Waals surface area contributed by atoms with E-state index in [0.29, 0.717) is 5.69 Å². The van der Waals surface area contributed by atoms with Crippen molar-refractivity contribution in [3.05, 3.63) is 123 Å². The fourth-order valence-corrected chi connectivity index (χ4v) is 3.86. The molecule has 5 rings (SSSR count). The number of nitrogens with zero attached hydrogens (tertiary/aromatic N) is 3. The second kappa shape index (κ2) is 8.86. The van der Waals surface area contributed by atoms with E-state index in [1.54, 1.807) is 24.3 Å². The molecule has 0 aliphatic carbocycles. The number of carbonyl (C=O) groups is 1. The molecule has 0 saturated carbocycles. The number of carbonyl (C=O) groups excluding carboxylic acids is 1. The van der Waals surface area contributed by atoms with Crippen molar-refractivity contribution in [3.8, 4) is 11.3 Å². The number of imidazole rings is 1. The zero-order valence-electron chi connectivity index (χ0n) is 18.7. The summed E-state index contributed by atoms with van der Waals surface area (Å²) < 4.78 is 16.8. The number of H-pyrrole nitrogens is 1. The largest absolute Gasteiger partial charge is 0.328 e. The molecule has 0 bridgehead atoms. The Hall–Kier alpha value is -4.79. The molecule has 0 unspecified atom stereocenters. The summed E-state index contributed by atoms with van der Waals surface area (Å²) in [5, 5.41) is 2.69. The van der Waals surface area contributed by atoms with Crippen LogP contribution < -0.4 is 16.6 Å². The van der Waals surface area contributed by atoms with Crippen molar-refractivity contribution in [2.24, 2.45) is 0 Å². The van der Waals surface area contributed by atoms with Crippen molar-refractivity contribution >= 4 is 17.2 Å². The number of anilines is 1. The van der Waals surface area contributed by atoms with Gasteiger partial charge in [0.25, 0.3) is 11.5 Å². The van der Waals surface area contributed by atoms with Crippen molar-refractivity contribution in [1.82, 2.24) is 18.9 Å². The number of rotatable bonds is 5. The van der Waals surface area contributed by atoms with E-state index in [1.165, 1.54) is 18.2 Å². The first-order chi connectivity index (χ1) is 16.9. The van der Waals surface area contributed by atoms with E-state index in [1.807, 2.05) is 41.9 Å². The number of nitrogens with one attached hydrogen (secondary N) is 2. The summed E-state index contributed by atoms with van der Waals surface area (Å²) in [6.45, 7) is 1.68. The minimum atomic E-state index is -0.818. The molecule has 0 radical (unpaired) electrons. The average molecular weight is 469 g/mol. The van der Waals surface area contributed by atoms with Gasteiger partial charge in [0.05, 0.1) is 12.2 Å². The molecule has 0 aliphatic heterocycles. The Kier molecular flexibility index (Phi) is 5.58.